The van der Waals surface area contributed by atoms with Gasteiger partial charge < -0.3 is 15.4 Å². The fourth-order valence-corrected chi connectivity index (χ4v) is 2.27. The monoisotopic (exact) mass is 315 g/mol. The van der Waals surface area contributed by atoms with Gasteiger partial charge in [0.15, 0.2) is 5.69 Å². The molecule has 0 saturated heterocycles. The SMILES string of the molecule is Cc1nc(C(=O)NC(C)CC(O)c2ccccc2)c(=O)[nH]c1C. The van der Waals surface area contributed by atoms with Crippen LogP contribution in [-0.2, 0) is 0 Å². The molecule has 122 valence electrons. The van der Waals surface area contributed by atoms with Crippen molar-refractivity contribution in [2.24, 2.45) is 0 Å². The molecule has 2 atom stereocenters. The van der Waals surface area contributed by atoms with Crippen LogP contribution in [-0.4, -0.2) is 27.0 Å². The highest BCUT2D eigenvalue weighted by atomic mass is 16.3. The molecule has 2 aromatic rings. The first-order valence-corrected chi connectivity index (χ1v) is 7.50. The Hall–Kier alpha value is -2.47. The lowest BCUT2D eigenvalue weighted by molar-refractivity contribution is 0.0910. The van der Waals surface area contributed by atoms with E-state index in [4.69, 9.17) is 0 Å². The molecule has 1 aromatic heterocycles. The van der Waals surface area contributed by atoms with Crippen molar-refractivity contribution in [3.05, 3.63) is 63.3 Å². The minimum atomic E-state index is -0.683. The molecule has 2 unspecified atom stereocenters. The number of amides is 1. The molecule has 0 spiro atoms. The molecule has 23 heavy (non-hydrogen) atoms. The van der Waals surface area contributed by atoms with Crippen molar-refractivity contribution in [1.82, 2.24) is 15.3 Å². The molecule has 6 nitrogen and oxygen atoms in total. The minimum Gasteiger partial charge on any atom is -0.388 e. The summed E-state index contributed by atoms with van der Waals surface area (Å²) in [6.45, 7) is 5.23. The Bertz CT molecular complexity index is 740. The second-order valence-corrected chi connectivity index (χ2v) is 5.66. The van der Waals surface area contributed by atoms with Crippen molar-refractivity contribution < 1.29 is 9.90 Å². The van der Waals surface area contributed by atoms with Crippen LogP contribution in [0.25, 0.3) is 0 Å². The summed E-state index contributed by atoms with van der Waals surface area (Å²) in [6.07, 6.45) is -0.337. The Balaban J connectivity index is 2.03. The van der Waals surface area contributed by atoms with Gasteiger partial charge in [0.2, 0.25) is 0 Å². The van der Waals surface area contributed by atoms with Crippen LogP contribution in [0.15, 0.2) is 35.1 Å². The summed E-state index contributed by atoms with van der Waals surface area (Å²) in [5, 5.41) is 12.9. The second-order valence-electron chi connectivity index (χ2n) is 5.66. The van der Waals surface area contributed by atoms with Crippen LogP contribution < -0.4 is 10.9 Å². The molecule has 0 saturated carbocycles. The summed E-state index contributed by atoms with van der Waals surface area (Å²) in [6, 6.07) is 8.92. The Kier molecular flexibility index (Phi) is 5.28. The maximum absolute atomic E-state index is 12.2. The largest absolute Gasteiger partial charge is 0.388 e. The van der Waals surface area contributed by atoms with Gasteiger partial charge in [0.25, 0.3) is 11.5 Å². The molecule has 0 fully saturated rings. The first-order valence-electron chi connectivity index (χ1n) is 7.50. The minimum absolute atomic E-state index is 0.158. The molecule has 6 heteroatoms. The molecule has 0 radical (unpaired) electrons. The molecule has 1 heterocycles. The fourth-order valence-electron chi connectivity index (χ4n) is 2.27. The predicted octanol–water partition coefficient (Wildman–Crippen LogP) is 1.63. The summed E-state index contributed by atoms with van der Waals surface area (Å²) in [5.74, 6) is -0.540. The zero-order chi connectivity index (χ0) is 17.0. The zero-order valence-corrected chi connectivity index (χ0v) is 13.5. The van der Waals surface area contributed by atoms with E-state index < -0.39 is 17.6 Å². The lowest BCUT2D eigenvalue weighted by atomic mass is 10.0. The van der Waals surface area contributed by atoms with Crippen molar-refractivity contribution in [2.75, 3.05) is 0 Å². The van der Waals surface area contributed by atoms with Gasteiger partial charge in [0, 0.05) is 11.7 Å². The van der Waals surface area contributed by atoms with Crippen LogP contribution in [0.4, 0.5) is 0 Å². The van der Waals surface area contributed by atoms with Crippen molar-refractivity contribution in [2.45, 2.75) is 39.3 Å². The smallest absolute Gasteiger partial charge is 0.279 e. The fraction of sp³-hybridized carbons (Fsp3) is 0.353. The van der Waals surface area contributed by atoms with E-state index in [1.807, 2.05) is 30.3 Å². The number of nitrogens with zero attached hydrogens (tertiary/aromatic N) is 1. The zero-order valence-electron chi connectivity index (χ0n) is 13.5. The van der Waals surface area contributed by atoms with Gasteiger partial charge >= 0.3 is 0 Å². The van der Waals surface area contributed by atoms with Crippen molar-refractivity contribution in [3.8, 4) is 0 Å². The average Bonchev–Trinajstić information content (AvgIpc) is 2.51. The quantitative estimate of drug-likeness (QED) is 0.781. The molecule has 3 N–H and O–H groups in total. The first-order chi connectivity index (χ1) is 10.9. The van der Waals surface area contributed by atoms with Crippen LogP contribution in [0, 0.1) is 13.8 Å². The first kappa shape index (κ1) is 16.9. The third-order valence-electron chi connectivity index (χ3n) is 3.69. The Morgan fingerprint density at radius 1 is 1.30 bits per heavy atom. The van der Waals surface area contributed by atoms with Crippen molar-refractivity contribution in [3.63, 3.8) is 0 Å². The van der Waals surface area contributed by atoms with Crippen LogP contribution >= 0.6 is 0 Å². The Morgan fingerprint density at radius 3 is 2.61 bits per heavy atom. The number of aromatic amines is 1. The summed E-state index contributed by atoms with van der Waals surface area (Å²) >= 11 is 0. The molecule has 0 bridgehead atoms. The van der Waals surface area contributed by atoms with Gasteiger partial charge in [-0.15, -0.1) is 0 Å². The number of nitrogens with one attached hydrogen (secondary N) is 2. The van der Waals surface area contributed by atoms with E-state index in [0.29, 0.717) is 17.8 Å². The number of aryl methyl sites for hydroxylation is 2. The topological polar surface area (TPSA) is 95.1 Å². The second kappa shape index (κ2) is 7.19. The van der Waals surface area contributed by atoms with Crippen LogP contribution in [0.2, 0.25) is 0 Å². The molecule has 0 aliphatic heterocycles. The van der Waals surface area contributed by atoms with E-state index in [1.54, 1.807) is 20.8 Å². The molecular formula is C17H21N3O3. The lowest BCUT2D eigenvalue weighted by Crippen LogP contribution is -2.38. The van der Waals surface area contributed by atoms with Gasteiger partial charge in [-0.3, -0.25) is 9.59 Å². The molecule has 1 amide bonds. The van der Waals surface area contributed by atoms with Gasteiger partial charge in [-0.05, 0) is 32.8 Å². The van der Waals surface area contributed by atoms with E-state index in [1.165, 1.54) is 0 Å². The third-order valence-corrected chi connectivity index (χ3v) is 3.69. The van der Waals surface area contributed by atoms with E-state index in [9.17, 15) is 14.7 Å². The standard InChI is InChI=1S/C17H21N3O3/c1-10(9-14(21)13-7-5-4-6-8-13)18-16(22)15-17(23)20-12(3)11(2)19-15/h4-8,10,14,21H,9H2,1-3H3,(H,18,22)(H,20,23). The van der Waals surface area contributed by atoms with Crippen LogP contribution in [0.5, 0.6) is 0 Å². The van der Waals surface area contributed by atoms with Gasteiger partial charge in [-0.2, -0.15) is 0 Å². The van der Waals surface area contributed by atoms with Crippen LogP contribution in [0.3, 0.4) is 0 Å². The van der Waals surface area contributed by atoms with E-state index in [-0.39, 0.29) is 11.7 Å². The maximum Gasteiger partial charge on any atom is 0.279 e. The molecule has 0 aliphatic rings. The summed E-state index contributed by atoms with van der Waals surface area (Å²) in [7, 11) is 0. The van der Waals surface area contributed by atoms with Crippen molar-refractivity contribution in [1.29, 1.82) is 0 Å². The number of hydrogen-bond donors (Lipinski definition) is 3. The lowest BCUT2D eigenvalue weighted by Gasteiger charge is -2.18. The average molecular weight is 315 g/mol. The van der Waals surface area contributed by atoms with Gasteiger partial charge in [0.05, 0.1) is 11.8 Å². The highest BCUT2D eigenvalue weighted by molar-refractivity contribution is 5.92. The number of carbonyl (C=O) groups is 1. The predicted molar refractivity (Wildman–Crippen MR) is 87.3 cm³/mol. The summed E-state index contributed by atoms with van der Waals surface area (Å²) in [4.78, 5) is 30.7. The van der Waals surface area contributed by atoms with Gasteiger partial charge in [0.1, 0.15) is 0 Å². The summed E-state index contributed by atoms with van der Waals surface area (Å²) in [5.41, 5.74) is 1.36. The molecule has 2 rings (SSSR count). The Labute approximate surface area is 134 Å². The van der Waals surface area contributed by atoms with Crippen LogP contribution in [0.1, 0.15) is 46.9 Å². The third kappa shape index (κ3) is 4.26. The number of aliphatic hydroxyl groups is 1. The number of benzene rings is 1. The highest BCUT2D eigenvalue weighted by Crippen LogP contribution is 2.17. The summed E-state index contributed by atoms with van der Waals surface area (Å²) < 4.78 is 0. The number of aliphatic hydroxyl groups excluding tert-OH is 1. The number of aromatic nitrogens is 2. The maximum atomic E-state index is 12.2. The normalized spacial score (nSPS) is 13.4. The Morgan fingerprint density at radius 2 is 1.96 bits per heavy atom. The number of carbonyl (C=O) groups excluding carboxylic acids is 1. The van der Waals surface area contributed by atoms with E-state index >= 15 is 0 Å². The molecule has 0 aliphatic carbocycles. The number of H-pyrrole nitrogens is 1. The highest BCUT2D eigenvalue weighted by Gasteiger charge is 2.18. The van der Waals surface area contributed by atoms with Gasteiger partial charge in [-0.25, -0.2) is 4.98 Å². The molecular weight excluding hydrogens is 294 g/mol. The van der Waals surface area contributed by atoms with Crippen molar-refractivity contribution >= 4 is 5.91 Å². The van der Waals surface area contributed by atoms with Gasteiger partial charge in [-0.1, -0.05) is 30.3 Å². The number of rotatable bonds is 5. The van der Waals surface area contributed by atoms with E-state index in [0.717, 1.165) is 5.56 Å². The van der Waals surface area contributed by atoms with E-state index in [2.05, 4.69) is 15.3 Å². The molecule has 1 aromatic carbocycles. The number of hydrogen-bond acceptors (Lipinski definition) is 4.